The first-order valence-electron chi connectivity index (χ1n) is 6.87. The Balaban J connectivity index is 1.79. The zero-order valence-electron chi connectivity index (χ0n) is 11.7. The third-order valence-corrected chi connectivity index (χ3v) is 3.99. The van der Waals surface area contributed by atoms with E-state index in [1.54, 1.807) is 12.3 Å². The van der Waals surface area contributed by atoms with Crippen molar-refractivity contribution < 1.29 is 4.74 Å². The van der Waals surface area contributed by atoms with E-state index in [4.69, 9.17) is 27.9 Å². The van der Waals surface area contributed by atoms with Crippen molar-refractivity contribution in [2.24, 2.45) is 0 Å². The number of aryl methyl sites for hydroxylation is 1. The van der Waals surface area contributed by atoms with Crippen molar-refractivity contribution in [1.82, 2.24) is 14.8 Å². The summed E-state index contributed by atoms with van der Waals surface area (Å²) in [6.07, 6.45) is 5.47. The molecule has 3 heterocycles. The third kappa shape index (κ3) is 3.15. The molecule has 2 aromatic rings. The first-order chi connectivity index (χ1) is 10.2. The fourth-order valence-corrected chi connectivity index (χ4v) is 2.90. The number of nitrogens with zero attached hydrogens (tertiary/aromatic N) is 4. The lowest BCUT2D eigenvalue weighted by Gasteiger charge is -2.33. The number of morpholine rings is 1. The first-order valence-corrected chi connectivity index (χ1v) is 7.63. The Labute approximate surface area is 133 Å². The summed E-state index contributed by atoms with van der Waals surface area (Å²) in [6, 6.07) is 1.71. The van der Waals surface area contributed by atoms with Crippen LogP contribution < -0.4 is 4.90 Å². The summed E-state index contributed by atoms with van der Waals surface area (Å²) in [5.41, 5.74) is 1.08. The quantitative estimate of drug-likeness (QED) is 0.868. The minimum atomic E-state index is -0.0207. The van der Waals surface area contributed by atoms with Gasteiger partial charge in [-0.2, -0.15) is 5.10 Å². The van der Waals surface area contributed by atoms with Crippen molar-refractivity contribution in [3.05, 3.63) is 40.3 Å². The molecule has 0 aliphatic carbocycles. The van der Waals surface area contributed by atoms with Gasteiger partial charge in [0.05, 0.1) is 29.4 Å². The second kappa shape index (κ2) is 6.22. The molecule has 0 amide bonds. The van der Waals surface area contributed by atoms with E-state index in [0.29, 0.717) is 23.2 Å². The van der Waals surface area contributed by atoms with Gasteiger partial charge in [-0.25, -0.2) is 4.98 Å². The minimum Gasteiger partial charge on any atom is -0.370 e. The van der Waals surface area contributed by atoms with E-state index in [1.165, 1.54) is 0 Å². The lowest BCUT2D eigenvalue weighted by molar-refractivity contribution is 0.0395. The van der Waals surface area contributed by atoms with E-state index >= 15 is 0 Å². The molecule has 2 aromatic heterocycles. The van der Waals surface area contributed by atoms with Crippen molar-refractivity contribution in [2.45, 2.75) is 19.6 Å². The largest absolute Gasteiger partial charge is 0.370 e. The molecule has 1 saturated heterocycles. The second-order valence-electron chi connectivity index (χ2n) is 4.89. The van der Waals surface area contributed by atoms with Crippen molar-refractivity contribution in [2.75, 3.05) is 24.6 Å². The van der Waals surface area contributed by atoms with Gasteiger partial charge < -0.3 is 9.64 Å². The van der Waals surface area contributed by atoms with Crippen LogP contribution in [0.1, 0.15) is 18.6 Å². The molecule has 21 heavy (non-hydrogen) atoms. The molecule has 7 heteroatoms. The van der Waals surface area contributed by atoms with E-state index in [2.05, 4.69) is 21.9 Å². The van der Waals surface area contributed by atoms with Crippen LogP contribution in [0.2, 0.25) is 10.0 Å². The maximum atomic E-state index is 6.24. The molecule has 0 bridgehead atoms. The molecule has 1 aliphatic heterocycles. The summed E-state index contributed by atoms with van der Waals surface area (Å²) in [5, 5.41) is 5.40. The SMILES string of the molecule is CCn1cc([C@H]2CN(c3ncc(Cl)cc3Cl)CCO2)cn1. The van der Waals surface area contributed by atoms with Crippen LogP contribution in [-0.4, -0.2) is 34.5 Å². The Hall–Kier alpha value is -1.30. The van der Waals surface area contributed by atoms with Gasteiger partial charge in [0, 0.05) is 31.0 Å². The van der Waals surface area contributed by atoms with Crippen LogP contribution in [0.5, 0.6) is 0 Å². The van der Waals surface area contributed by atoms with Gasteiger partial charge in [0.25, 0.3) is 0 Å². The van der Waals surface area contributed by atoms with Gasteiger partial charge in [-0.3, -0.25) is 4.68 Å². The van der Waals surface area contributed by atoms with Gasteiger partial charge >= 0.3 is 0 Å². The molecular formula is C14H16Cl2N4O. The monoisotopic (exact) mass is 326 g/mol. The number of rotatable bonds is 3. The van der Waals surface area contributed by atoms with Gasteiger partial charge in [0.15, 0.2) is 0 Å². The van der Waals surface area contributed by atoms with E-state index in [-0.39, 0.29) is 6.10 Å². The Morgan fingerprint density at radius 3 is 2.95 bits per heavy atom. The average Bonchev–Trinajstić information content (AvgIpc) is 2.96. The molecule has 0 spiro atoms. The Morgan fingerprint density at radius 2 is 2.24 bits per heavy atom. The van der Waals surface area contributed by atoms with Crippen molar-refractivity contribution in [3.63, 3.8) is 0 Å². The molecular weight excluding hydrogens is 311 g/mol. The molecule has 0 saturated carbocycles. The topological polar surface area (TPSA) is 43.2 Å². The lowest BCUT2D eigenvalue weighted by Crippen LogP contribution is -2.38. The molecule has 0 unspecified atom stereocenters. The summed E-state index contributed by atoms with van der Waals surface area (Å²) >= 11 is 12.1. The predicted octanol–water partition coefficient (Wildman–Crippen LogP) is 3.18. The van der Waals surface area contributed by atoms with Gasteiger partial charge in [-0.15, -0.1) is 0 Å². The minimum absolute atomic E-state index is 0.0207. The number of halogens is 2. The van der Waals surface area contributed by atoms with Gasteiger partial charge in [0.1, 0.15) is 11.9 Å². The predicted molar refractivity (Wildman–Crippen MR) is 83.1 cm³/mol. The normalized spacial score (nSPS) is 19.0. The molecule has 112 valence electrons. The second-order valence-corrected chi connectivity index (χ2v) is 5.74. The zero-order valence-corrected chi connectivity index (χ0v) is 13.2. The number of pyridine rings is 1. The van der Waals surface area contributed by atoms with Crippen molar-refractivity contribution in [3.8, 4) is 0 Å². The lowest BCUT2D eigenvalue weighted by atomic mass is 10.1. The number of hydrogen-bond donors (Lipinski definition) is 0. The molecule has 0 aromatic carbocycles. The van der Waals surface area contributed by atoms with Crippen LogP contribution in [0.25, 0.3) is 0 Å². The number of hydrogen-bond acceptors (Lipinski definition) is 4. The van der Waals surface area contributed by atoms with Crippen LogP contribution in [0.15, 0.2) is 24.7 Å². The summed E-state index contributed by atoms with van der Waals surface area (Å²) in [4.78, 5) is 6.46. The molecule has 5 nitrogen and oxygen atoms in total. The highest BCUT2D eigenvalue weighted by atomic mass is 35.5. The van der Waals surface area contributed by atoms with Gasteiger partial charge in [-0.05, 0) is 13.0 Å². The Kier molecular flexibility index (Phi) is 4.33. The van der Waals surface area contributed by atoms with Crippen LogP contribution in [-0.2, 0) is 11.3 Å². The maximum Gasteiger partial charge on any atom is 0.147 e. The summed E-state index contributed by atoms with van der Waals surface area (Å²) in [7, 11) is 0. The smallest absolute Gasteiger partial charge is 0.147 e. The van der Waals surface area contributed by atoms with E-state index in [0.717, 1.165) is 24.5 Å². The van der Waals surface area contributed by atoms with Crippen molar-refractivity contribution in [1.29, 1.82) is 0 Å². The summed E-state index contributed by atoms with van der Waals surface area (Å²) < 4.78 is 7.74. The molecule has 1 aliphatic rings. The molecule has 3 rings (SSSR count). The summed E-state index contributed by atoms with van der Waals surface area (Å²) in [6.45, 7) is 4.99. The number of aromatic nitrogens is 3. The van der Waals surface area contributed by atoms with Crippen LogP contribution in [0.3, 0.4) is 0 Å². The standard InChI is InChI=1S/C14H16Cl2N4O/c1-2-20-8-10(6-18-20)13-9-19(3-4-21-13)14-12(16)5-11(15)7-17-14/h5-8,13H,2-4,9H2,1H3/t13-/m1/s1. The maximum absolute atomic E-state index is 6.24. The fraction of sp³-hybridized carbons (Fsp3) is 0.429. The molecule has 1 atom stereocenters. The molecule has 0 radical (unpaired) electrons. The van der Waals surface area contributed by atoms with Crippen LogP contribution in [0.4, 0.5) is 5.82 Å². The third-order valence-electron chi connectivity index (χ3n) is 3.50. The number of ether oxygens (including phenoxy) is 1. The highest BCUT2D eigenvalue weighted by Gasteiger charge is 2.25. The zero-order chi connectivity index (χ0) is 14.8. The Morgan fingerprint density at radius 1 is 1.38 bits per heavy atom. The highest BCUT2D eigenvalue weighted by molar-refractivity contribution is 6.36. The van der Waals surface area contributed by atoms with E-state index in [1.807, 2.05) is 17.1 Å². The van der Waals surface area contributed by atoms with Gasteiger partial charge in [0.2, 0.25) is 0 Å². The van der Waals surface area contributed by atoms with Crippen LogP contribution >= 0.6 is 23.2 Å². The molecule has 1 fully saturated rings. The average molecular weight is 327 g/mol. The first kappa shape index (κ1) is 14.6. The molecule has 0 N–H and O–H groups in total. The van der Waals surface area contributed by atoms with Crippen LogP contribution in [0, 0.1) is 0 Å². The summed E-state index contributed by atoms with van der Waals surface area (Å²) in [5.74, 6) is 0.747. The highest BCUT2D eigenvalue weighted by Crippen LogP contribution is 2.30. The Bertz CT molecular complexity index is 631. The number of anilines is 1. The van der Waals surface area contributed by atoms with Crippen molar-refractivity contribution >= 4 is 29.0 Å². The van der Waals surface area contributed by atoms with E-state index < -0.39 is 0 Å². The van der Waals surface area contributed by atoms with Gasteiger partial charge in [-0.1, -0.05) is 23.2 Å². The van der Waals surface area contributed by atoms with E-state index in [9.17, 15) is 0 Å². The fourth-order valence-electron chi connectivity index (χ4n) is 2.40.